The summed E-state index contributed by atoms with van der Waals surface area (Å²) in [5.74, 6) is 1.09. The molecule has 31 heavy (non-hydrogen) atoms. The SMILES string of the molecule is CC(C)=CCC[C@@](C)(O)[C@@H](O)CC/C(C)=C/CC[C@]1(C)C=Cc2cc(O)cc(C)c2O1. The van der Waals surface area contributed by atoms with E-state index in [0.29, 0.717) is 12.8 Å². The second-order valence-corrected chi connectivity index (χ2v) is 9.75. The van der Waals surface area contributed by atoms with Crippen molar-refractivity contribution in [2.45, 2.75) is 97.4 Å². The van der Waals surface area contributed by atoms with Crippen LogP contribution in [0.4, 0.5) is 0 Å². The van der Waals surface area contributed by atoms with Crippen molar-refractivity contribution in [2.75, 3.05) is 0 Å². The van der Waals surface area contributed by atoms with Gasteiger partial charge in [-0.15, -0.1) is 0 Å². The molecule has 0 bridgehead atoms. The highest BCUT2D eigenvalue weighted by atomic mass is 16.5. The highest BCUT2D eigenvalue weighted by Gasteiger charge is 2.30. The van der Waals surface area contributed by atoms with Crippen molar-refractivity contribution >= 4 is 6.08 Å². The molecule has 4 heteroatoms. The molecular weight excluding hydrogens is 388 g/mol. The minimum Gasteiger partial charge on any atom is -0.508 e. The Balaban J connectivity index is 1.84. The number of rotatable bonds is 10. The normalized spacial score (nSPS) is 21.1. The monoisotopic (exact) mass is 428 g/mol. The van der Waals surface area contributed by atoms with Gasteiger partial charge in [0, 0.05) is 5.56 Å². The molecule has 3 atom stereocenters. The minimum atomic E-state index is -1.07. The van der Waals surface area contributed by atoms with Gasteiger partial charge in [0.25, 0.3) is 0 Å². The van der Waals surface area contributed by atoms with Crippen molar-refractivity contribution < 1.29 is 20.1 Å². The van der Waals surface area contributed by atoms with Crippen LogP contribution >= 0.6 is 0 Å². The predicted molar refractivity (Wildman–Crippen MR) is 128 cm³/mol. The van der Waals surface area contributed by atoms with Crippen LogP contribution in [0.2, 0.25) is 0 Å². The molecule has 172 valence electrons. The van der Waals surface area contributed by atoms with Crippen molar-refractivity contribution in [3.63, 3.8) is 0 Å². The molecule has 0 amide bonds. The number of hydrogen-bond donors (Lipinski definition) is 3. The maximum Gasteiger partial charge on any atom is 0.131 e. The molecule has 0 aromatic heterocycles. The Labute approximate surface area is 188 Å². The van der Waals surface area contributed by atoms with E-state index in [9.17, 15) is 15.3 Å². The van der Waals surface area contributed by atoms with E-state index in [-0.39, 0.29) is 11.4 Å². The van der Waals surface area contributed by atoms with Crippen LogP contribution in [-0.4, -0.2) is 32.6 Å². The number of aromatic hydroxyl groups is 1. The average molecular weight is 429 g/mol. The van der Waals surface area contributed by atoms with Crippen LogP contribution in [0.1, 0.15) is 84.3 Å². The van der Waals surface area contributed by atoms with Gasteiger partial charge in [-0.1, -0.05) is 29.4 Å². The second kappa shape index (κ2) is 10.5. The van der Waals surface area contributed by atoms with Crippen LogP contribution in [0.3, 0.4) is 0 Å². The number of fused-ring (bicyclic) bond motifs is 1. The van der Waals surface area contributed by atoms with E-state index in [0.717, 1.165) is 42.6 Å². The zero-order chi connectivity index (χ0) is 23.2. The first-order chi connectivity index (χ1) is 14.4. The number of aryl methyl sites for hydroxylation is 1. The van der Waals surface area contributed by atoms with Crippen molar-refractivity contribution in [1.82, 2.24) is 0 Å². The largest absolute Gasteiger partial charge is 0.508 e. The summed E-state index contributed by atoms with van der Waals surface area (Å²) in [6.45, 7) is 11.9. The summed E-state index contributed by atoms with van der Waals surface area (Å²) in [7, 11) is 0. The van der Waals surface area contributed by atoms with Crippen LogP contribution in [0, 0.1) is 6.92 Å². The molecule has 1 aliphatic rings. The molecule has 1 aliphatic heterocycles. The van der Waals surface area contributed by atoms with E-state index in [1.54, 1.807) is 19.1 Å². The molecule has 4 nitrogen and oxygen atoms in total. The third-order valence-electron chi connectivity index (χ3n) is 6.11. The summed E-state index contributed by atoms with van der Waals surface area (Å²) >= 11 is 0. The number of phenols is 1. The molecule has 0 saturated carbocycles. The molecule has 1 aromatic carbocycles. The van der Waals surface area contributed by atoms with Gasteiger partial charge in [-0.3, -0.25) is 0 Å². The van der Waals surface area contributed by atoms with Gasteiger partial charge in [-0.25, -0.2) is 0 Å². The molecule has 0 radical (unpaired) electrons. The summed E-state index contributed by atoms with van der Waals surface area (Å²) in [6.07, 6.45) is 12.0. The molecular formula is C27H40O4. The fourth-order valence-electron chi connectivity index (χ4n) is 3.91. The van der Waals surface area contributed by atoms with E-state index in [2.05, 4.69) is 32.1 Å². The molecule has 0 fully saturated rings. The first-order valence-corrected chi connectivity index (χ1v) is 11.3. The summed E-state index contributed by atoms with van der Waals surface area (Å²) in [6, 6.07) is 3.45. The maximum atomic E-state index is 10.6. The second-order valence-electron chi connectivity index (χ2n) is 9.75. The average Bonchev–Trinajstić information content (AvgIpc) is 2.66. The Kier molecular flexibility index (Phi) is 8.56. The summed E-state index contributed by atoms with van der Waals surface area (Å²) in [4.78, 5) is 0. The van der Waals surface area contributed by atoms with E-state index >= 15 is 0 Å². The fraction of sp³-hybridized carbons (Fsp3) is 0.556. The lowest BCUT2D eigenvalue weighted by Gasteiger charge is -2.32. The Hall–Kier alpha value is -2.04. The standard InChI is InChI=1S/C27H40O4/c1-19(2)9-7-15-27(6,30)24(29)12-11-20(3)10-8-14-26(5)16-13-22-18-23(28)17-21(4)25(22)31-26/h9-10,13,16-18,24,28-30H,7-8,11-12,14-15H2,1-6H3/b20-10+/t24-,26+,27+/m0/s1. The summed E-state index contributed by atoms with van der Waals surface area (Å²) in [5, 5.41) is 30.8. The molecule has 3 N–H and O–H groups in total. The van der Waals surface area contributed by atoms with Crippen LogP contribution in [0.25, 0.3) is 6.08 Å². The molecule has 0 aliphatic carbocycles. The Morgan fingerprint density at radius 2 is 1.90 bits per heavy atom. The quantitative estimate of drug-likeness (QED) is 0.386. The minimum absolute atomic E-state index is 0.254. The van der Waals surface area contributed by atoms with Gasteiger partial charge >= 0.3 is 0 Å². The first-order valence-electron chi connectivity index (χ1n) is 11.3. The van der Waals surface area contributed by atoms with Gasteiger partial charge in [0.1, 0.15) is 17.1 Å². The number of benzene rings is 1. The van der Waals surface area contributed by atoms with Crippen molar-refractivity contribution in [2.24, 2.45) is 0 Å². The lowest BCUT2D eigenvalue weighted by molar-refractivity contribution is -0.0691. The van der Waals surface area contributed by atoms with Crippen LogP contribution in [-0.2, 0) is 0 Å². The van der Waals surface area contributed by atoms with Crippen molar-refractivity contribution in [3.8, 4) is 11.5 Å². The number of allylic oxidation sites excluding steroid dienone is 4. The number of ether oxygens (including phenoxy) is 1. The Bertz CT molecular complexity index is 843. The number of hydrogen-bond acceptors (Lipinski definition) is 4. The number of phenolic OH excluding ortho intramolecular Hbond substituents is 1. The van der Waals surface area contributed by atoms with Crippen LogP contribution in [0.5, 0.6) is 11.5 Å². The van der Waals surface area contributed by atoms with Gasteiger partial charge in [0.05, 0.1) is 11.7 Å². The summed E-state index contributed by atoms with van der Waals surface area (Å²) < 4.78 is 6.28. The fourth-order valence-corrected chi connectivity index (χ4v) is 3.91. The number of aliphatic hydroxyl groups excluding tert-OH is 1. The lowest BCUT2D eigenvalue weighted by Crippen LogP contribution is -2.39. The number of aliphatic hydroxyl groups is 2. The molecule has 1 aromatic rings. The van der Waals surface area contributed by atoms with Gasteiger partial charge in [0.15, 0.2) is 0 Å². The van der Waals surface area contributed by atoms with E-state index in [1.165, 1.54) is 11.1 Å². The van der Waals surface area contributed by atoms with E-state index < -0.39 is 11.7 Å². The first kappa shape index (κ1) is 25.2. The highest BCUT2D eigenvalue weighted by molar-refractivity contribution is 5.65. The molecule has 2 rings (SSSR count). The van der Waals surface area contributed by atoms with Gasteiger partial charge in [-0.2, -0.15) is 0 Å². The molecule has 0 unspecified atom stereocenters. The van der Waals surface area contributed by atoms with Gasteiger partial charge in [0.2, 0.25) is 0 Å². The van der Waals surface area contributed by atoms with Crippen LogP contribution in [0.15, 0.2) is 41.5 Å². The highest BCUT2D eigenvalue weighted by Crippen LogP contribution is 2.38. The van der Waals surface area contributed by atoms with Crippen molar-refractivity contribution in [1.29, 1.82) is 0 Å². The predicted octanol–water partition coefficient (Wildman–Crippen LogP) is 6.23. The Morgan fingerprint density at radius 1 is 1.19 bits per heavy atom. The zero-order valence-corrected chi connectivity index (χ0v) is 20.0. The van der Waals surface area contributed by atoms with E-state index in [1.807, 2.05) is 26.8 Å². The third-order valence-corrected chi connectivity index (χ3v) is 6.11. The zero-order valence-electron chi connectivity index (χ0n) is 20.0. The summed E-state index contributed by atoms with van der Waals surface area (Å²) in [5.41, 5.74) is 2.82. The smallest absolute Gasteiger partial charge is 0.131 e. The van der Waals surface area contributed by atoms with Gasteiger partial charge in [-0.05, 0) is 104 Å². The molecule has 0 saturated heterocycles. The van der Waals surface area contributed by atoms with E-state index in [4.69, 9.17) is 4.74 Å². The maximum absolute atomic E-state index is 10.6. The molecule has 1 heterocycles. The Morgan fingerprint density at radius 3 is 2.58 bits per heavy atom. The lowest BCUT2D eigenvalue weighted by atomic mass is 9.89. The van der Waals surface area contributed by atoms with Gasteiger partial charge < -0.3 is 20.1 Å². The third kappa shape index (κ3) is 7.55. The topological polar surface area (TPSA) is 69.9 Å². The molecule has 0 spiro atoms. The van der Waals surface area contributed by atoms with Crippen molar-refractivity contribution in [3.05, 3.63) is 52.6 Å². The van der Waals surface area contributed by atoms with Crippen LogP contribution < -0.4 is 4.74 Å².